The van der Waals surface area contributed by atoms with Crippen molar-refractivity contribution in [1.82, 2.24) is 4.90 Å². The van der Waals surface area contributed by atoms with Gasteiger partial charge in [-0.3, -0.25) is 0 Å². The first kappa shape index (κ1) is 16.1. The second kappa shape index (κ2) is 7.02. The van der Waals surface area contributed by atoms with Gasteiger partial charge in [0.25, 0.3) is 0 Å². The van der Waals surface area contributed by atoms with E-state index in [1.807, 2.05) is 6.92 Å². The highest BCUT2D eigenvalue weighted by molar-refractivity contribution is 5.90. The van der Waals surface area contributed by atoms with Crippen molar-refractivity contribution in [2.24, 2.45) is 0 Å². The summed E-state index contributed by atoms with van der Waals surface area (Å²) in [4.78, 5) is 13.2. The van der Waals surface area contributed by atoms with Crippen molar-refractivity contribution in [3.05, 3.63) is 24.3 Å². The Bertz CT molecular complexity index is 449. The lowest BCUT2D eigenvalue weighted by atomic mass is 10.3. The minimum atomic E-state index is -4.80. The van der Waals surface area contributed by atoms with Gasteiger partial charge < -0.3 is 15.0 Å². The maximum Gasteiger partial charge on any atom is 0.573 e. The van der Waals surface area contributed by atoms with Gasteiger partial charge in [0.2, 0.25) is 0 Å². The van der Waals surface area contributed by atoms with E-state index in [1.54, 1.807) is 7.05 Å². The molecule has 0 aliphatic rings. The summed E-state index contributed by atoms with van der Waals surface area (Å²) in [5.41, 5.74) is -0.0156. The van der Waals surface area contributed by atoms with E-state index in [9.17, 15) is 18.0 Å². The summed E-state index contributed by atoms with van der Waals surface area (Å²) in [6.07, 6.45) is -3.05. The Morgan fingerprint density at radius 1 is 1.35 bits per heavy atom. The molecule has 4 nitrogen and oxygen atoms in total. The topological polar surface area (TPSA) is 41.6 Å². The number of rotatable bonds is 5. The van der Waals surface area contributed by atoms with Crippen LogP contribution in [-0.4, -0.2) is 30.9 Å². The van der Waals surface area contributed by atoms with Crippen LogP contribution in [-0.2, 0) is 0 Å². The molecule has 0 saturated heterocycles. The molecular formula is C13H17F3N2O2. The minimum Gasteiger partial charge on any atom is -0.404 e. The quantitative estimate of drug-likeness (QED) is 0.895. The van der Waals surface area contributed by atoms with Crippen LogP contribution in [0.2, 0.25) is 0 Å². The number of carbonyl (C=O) groups excluding carboxylic acids is 1. The smallest absolute Gasteiger partial charge is 0.404 e. The summed E-state index contributed by atoms with van der Waals surface area (Å²) < 4.78 is 40.6. The summed E-state index contributed by atoms with van der Waals surface area (Å²) in [6.45, 7) is 2.52. The average molecular weight is 290 g/mol. The molecule has 0 aromatic heterocycles. The number of anilines is 1. The van der Waals surface area contributed by atoms with E-state index in [0.717, 1.165) is 18.9 Å². The maximum absolute atomic E-state index is 12.2. The molecule has 0 aliphatic carbocycles. The molecule has 0 radical (unpaired) electrons. The lowest BCUT2D eigenvalue weighted by Crippen LogP contribution is -2.32. The minimum absolute atomic E-state index is 0.0156. The zero-order chi connectivity index (χ0) is 15.2. The standard InChI is InChI=1S/C13H17F3N2O2/c1-3-4-9-18(2)12(19)17-10-7-5-6-8-11(10)20-13(14,15)16/h5-8H,3-4,9H2,1-2H3,(H,17,19). The van der Waals surface area contributed by atoms with Gasteiger partial charge in [-0.2, -0.15) is 0 Å². The van der Waals surface area contributed by atoms with E-state index in [2.05, 4.69) is 10.1 Å². The van der Waals surface area contributed by atoms with Gasteiger partial charge in [0.05, 0.1) is 5.69 Å². The number of halogens is 3. The first-order valence-electron chi connectivity index (χ1n) is 6.20. The number of benzene rings is 1. The summed E-state index contributed by atoms with van der Waals surface area (Å²) in [7, 11) is 1.58. The highest BCUT2D eigenvalue weighted by atomic mass is 19.4. The van der Waals surface area contributed by atoms with Crippen LogP contribution < -0.4 is 10.1 Å². The van der Waals surface area contributed by atoms with Gasteiger partial charge in [-0.05, 0) is 18.6 Å². The SMILES string of the molecule is CCCCN(C)C(=O)Nc1ccccc1OC(F)(F)F. The first-order chi connectivity index (χ1) is 9.33. The third-order valence-electron chi connectivity index (χ3n) is 2.55. The van der Waals surface area contributed by atoms with E-state index in [-0.39, 0.29) is 5.69 Å². The Morgan fingerprint density at radius 3 is 2.60 bits per heavy atom. The molecule has 1 aromatic rings. The third-order valence-corrected chi connectivity index (χ3v) is 2.55. The van der Waals surface area contributed by atoms with Crippen molar-refractivity contribution in [2.75, 3.05) is 18.9 Å². The van der Waals surface area contributed by atoms with Gasteiger partial charge >= 0.3 is 12.4 Å². The van der Waals surface area contributed by atoms with E-state index in [0.29, 0.717) is 6.54 Å². The number of nitrogens with one attached hydrogen (secondary N) is 1. The van der Waals surface area contributed by atoms with Crippen molar-refractivity contribution in [3.63, 3.8) is 0 Å². The summed E-state index contributed by atoms with van der Waals surface area (Å²) in [5.74, 6) is -0.433. The fourth-order valence-electron chi connectivity index (χ4n) is 1.49. The first-order valence-corrected chi connectivity index (χ1v) is 6.20. The molecule has 0 bridgehead atoms. The third kappa shape index (κ3) is 5.38. The van der Waals surface area contributed by atoms with E-state index in [4.69, 9.17) is 0 Å². The number of amides is 2. The van der Waals surface area contributed by atoms with Crippen molar-refractivity contribution in [1.29, 1.82) is 0 Å². The second-order valence-electron chi connectivity index (χ2n) is 4.25. The van der Waals surface area contributed by atoms with Crippen molar-refractivity contribution < 1.29 is 22.7 Å². The maximum atomic E-state index is 12.2. The molecular weight excluding hydrogens is 273 g/mol. The predicted molar refractivity (Wildman–Crippen MR) is 69.7 cm³/mol. The molecule has 0 fully saturated rings. The van der Waals surface area contributed by atoms with Crippen LogP contribution in [0.4, 0.5) is 23.7 Å². The number of hydrogen-bond donors (Lipinski definition) is 1. The Labute approximate surface area is 115 Å². The molecule has 2 amide bonds. The number of carbonyl (C=O) groups is 1. The fourth-order valence-corrected chi connectivity index (χ4v) is 1.49. The normalized spacial score (nSPS) is 11.1. The molecule has 1 rings (SSSR count). The Balaban J connectivity index is 2.74. The van der Waals surface area contributed by atoms with Gasteiger partial charge in [-0.1, -0.05) is 25.5 Å². The van der Waals surface area contributed by atoms with E-state index < -0.39 is 18.1 Å². The van der Waals surface area contributed by atoms with Crippen LogP contribution in [0.1, 0.15) is 19.8 Å². The molecule has 0 unspecified atom stereocenters. The average Bonchev–Trinajstić information content (AvgIpc) is 2.36. The lowest BCUT2D eigenvalue weighted by Gasteiger charge is -2.19. The zero-order valence-electron chi connectivity index (χ0n) is 11.3. The molecule has 7 heteroatoms. The van der Waals surface area contributed by atoms with Gasteiger partial charge in [0, 0.05) is 13.6 Å². The number of ether oxygens (including phenoxy) is 1. The van der Waals surface area contributed by atoms with Gasteiger partial charge in [0.15, 0.2) is 5.75 Å². The van der Waals surface area contributed by atoms with Crippen LogP contribution in [0.3, 0.4) is 0 Å². The van der Waals surface area contributed by atoms with Crippen LogP contribution in [0, 0.1) is 0 Å². The highest BCUT2D eigenvalue weighted by Gasteiger charge is 2.32. The largest absolute Gasteiger partial charge is 0.573 e. The van der Waals surface area contributed by atoms with Crippen LogP contribution in [0.25, 0.3) is 0 Å². The molecule has 0 aliphatic heterocycles. The molecule has 0 saturated carbocycles. The molecule has 112 valence electrons. The number of alkyl halides is 3. The number of unbranched alkanes of at least 4 members (excludes halogenated alkanes) is 1. The number of para-hydroxylation sites is 2. The molecule has 20 heavy (non-hydrogen) atoms. The summed E-state index contributed by atoms with van der Waals surface area (Å²) in [5, 5.41) is 2.40. The van der Waals surface area contributed by atoms with Crippen molar-refractivity contribution in [3.8, 4) is 5.75 Å². The number of hydrogen-bond acceptors (Lipinski definition) is 2. The molecule has 0 heterocycles. The summed E-state index contributed by atoms with van der Waals surface area (Å²) in [6, 6.07) is 4.95. The van der Waals surface area contributed by atoms with E-state index in [1.165, 1.54) is 23.1 Å². The van der Waals surface area contributed by atoms with Crippen molar-refractivity contribution >= 4 is 11.7 Å². The number of nitrogens with zero attached hydrogens (tertiary/aromatic N) is 1. The highest BCUT2D eigenvalue weighted by Crippen LogP contribution is 2.29. The Morgan fingerprint density at radius 2 is 2.00 bits per heavy atom. The van der Waals surface area contributed by atoms with Gasteiger partial charge in [-0.25, -0.2) is 4.79 Å². The molecule has 0 spiro atoms. The van der Waals surface area contributed by atoms with Crippen LogP contribution >= 0.6 is 0 Å². The summed E-state index contributed by atoms with van der Waals surface area (Å²) >= 11 is 0. The molecule has 1 N–H and O–H groups in total. The van der Waals surface area contributed by atoms with Crippen LogP contribution in [0.5, 0.6) is 5.75 Å². The van der Waals surface area contributed by atoms with E-state index >= 15 is 0 Å². The zero-order valence-corrected chi connectivity index (χ0v) is 11.3. The van der Waals surface area contributed by atoms with Gasteiger partial charge in [-0.15, -0.1) is 13.2 Å². The fraction of sp³-hybridized carbons (Fsp3) is 0.462. The molecule has 1 aromatic carbocycles. The Hall–Kier alpha value is -1.92. The van der Waals surface area contributed by atoms with Gasteiger partial charge in [0.1, 0.15) is 0 Å². The van der Waals surface area contributed by atoms with Crippen molar-refractivity contribution in [2.45, 2.75) is 26.1 Å². The van der Waals surface area contributed by atoms with Crippen LogP contribution in [0.15, 0.2) is 24.3 Å². The predicted octanol–water partition coefficient (Wildman–Crippen LogP) is 3.85. The number of urea groups is 1. The second-order valence-corrected chi connectivity index (χ2v) is 4.25. The Kier molecular flexibility index (Phi) is 5.66. The lowest BCUT2D eigenvalue weighted by molar-refractivity contribution is -0.274. The molecule has 0 atom stereocenters. The monoisotopic (exact) mass is 290 g/mol.